The lowest BCUT2D eigenvalue weighted by molar-refractivity contribution is 0.150. The zero-order valence-corrected chi connectivity index (χ0v) is 19.8. The molecule has 0 amide bonds. The van der Waals surface area contributed by atoms with Crippen LogP contribution in [0.4, 0.5) is 34.6 Å². The maximum atomic E-state index is 13.8. The molecular weight excluding hydrogens is 524 g/mol. The molecule has 190 valence electrons. The van der Waals surface area contributed by atoms with E-state index in [4.69, 9.17) is 11.6 Å². The van der Waals surface area contributed by atoms with Crippen molar-refractivity contribution in [2.75, 3.05) is 10.6 Å². The Hall–Kier alpha value is -4.76. The Balaban J connectivity index is 1.63. The van der Waals surface area contributed by atoms with Crippen LogP contribution in [-0.2, 0) is 0 Å². The molecule has 38 heavy (non-hydrogen) atoms. The first-order chi connectivity index (χ1) is 18.4. The van der Waals surface area contributed by atoms with Crippen LogP contribution in [0, 0.1) is 23.1 Å². The molecule has 8 nitrogen and oxygen atoms in total. The summed E-state index contributed by atoms with van der Waals surface area (Å²) in [4.78, 5) is 7.60. The van der Waals surface area contributed by atoms with Gasteiger partial charge in [-0.25, -0.2) is 18.2 Å². The van der Waals surface area contributed by atoms with Crippen LogP contribution < -0.4 is 10.6 Å². The van der Waals surface area contributed by atoms with E-state index >= 15 is 0 Å². The van der Waals surface area contributed by atoms with Crippen molar-refractivity contribution < 1.29 is 17.6 Å². The molecule has 13 heteroatoms. The molecule has 0 saturated carbocycles. The summed E-state index contributed by atoms with van der Waals surface area (Å²) >= 11 is 6.53. The zero-order valence-electron chi connectivity index (χ0n) is 19.1. The molecule has 3 heterocycles. The van der Waals surface area contributed by atoms with Gasteiger partial charge in [-0.1, -0.05) is 35.9 Å². The highest BCUT2D eigenvalue weighted by Crippen LogP contribution is 2.38. The number of nitriles is 1. The van der Waals surface area contributed by atoms with Crippen molar-refractivity contribution >= 4 is 39.6 Å². The first-order valence-electron chi connectivity index (χ1n) is 10.9. The van der Waals surface area contributed by atoms with E-state index in [1.54, 1.807) is 24.3 Å². The lowest BCUT2D eigenvalue weighted by atomic mass is 9.97. The number of benzene rings is 2. The van der Waals surface area contributed by atoms with Crippen LogP contribution in [0.3, 0.4) is 0 Å². The number of nitrogens with one attached hydrogen (secondary N) is 3. The number of hydrogen-bond acceptors (Lipinski definition) is 7. The zero-order chi connectivity index (χ0) is 26.8. The molecule has 5 rings (SSSR count). The minimum absolute atomic E-state index is 0.0775. The SMILES string of the molecule is N#Cc1cnc2c(Cl)cc(N[C@H](c3cn[nH]n3)c3ccccc3C(F)F)cc2c1Nc1cnc(F)c(F)c1. The van der Waals surface area contributed by atoms with Crippen molar-refractivity contribution in [1.29, 1.82) is 5.26 Å². The quantitative estimate of drug-likeness (QED) is 0.161. The van der Waals surface area contributed by atoms with Gasteiger partial charge >= 0.3 is 0 Å². The molecule has 0 aliphatic heterocycles. The number of aromatic nitrogens is 5. The van der Waals surface area contributed by atoms with Gasteiger partial charge in [0.1, 0.15) is 11.8 Å². The van der Waals surface area contributed by atoms with E-state index in [0.717, 1.165) is 12.3 Å². The van der Waals surface area contributed by atoms with Crippen molar-refractivity contribution in [1.82, 2.24) is 25.4 Å². The molecular formula is C25H15ClF4N8. The van der Waals surface area contributed by atoms with Crippen LogP contribution in [0.15, 0.2) is 61.1 Å². The first-order valence-corrected chi connectivity index (χ1v) is 11.3. The Morgan fingerprint density at radius 2 is 1.76 bits per heavy atom. The Morgan fingerprint density at radius 3 is 2.45 bits per heavy atom. The lowest BCUT2D eigenvalue weighted by Crippen LogP contribution is -2.15. The van der Waals surface area contributed by atoms with Crippen molar-refractivity contribution in [3.63, 3.8) is 0 Å². The van der Waals surface area contributed by atoms with E-state index in [1.165, 1.54) is 24.5 Å². The summed E-state index contributed by atoms with van der Waals surface area (Å²) in [6, 6.07) is 11.2. The lowest BCUT2D eigenvalue weighted by Gasteiger charge is -2.22. The number of pyridine rings is 2. The van der Waals surface area contributed by atoms with Gasteiger partial charge in [0.2, 0.25) is 5.95 Å². The van der Waals surface area contributed by atoms with Crippen molar-refractivity contribution in [2.45, 2.75) is 12.5 Å². The van der Waals surface area contributed by atoms with E-state index in [9.17, 15) is 22.8 Å². The average Bonchev–Trinajstić information content (AvgIpc) is 3.44. The molecule has 0 aliphatic carbocycles. The van der Waals surface area contributed by atoms with Crippen LogP contribution in [0.2, 0.25) is 5.02 Å². The second-order valence-electron chi connectivity index (χ2n) is 8.04. The molecule has 3 N–H and O–H groups in total. The number of rotatable bonds is 7. The first kappa shape index (κ1) is 24.9. The van der Waals surface area contributed by atoms with Crippen LogP contribution in [0.5, 0.6) is 0 Å². The van der Waals surface area contributed by atoms with Crippen molar-refractivity contribution in [2.24, 2.45) is 0 Å². The Labute approximate surface area is 217 Å². The molecule has 2 aromatic carbocycles. The fraction of sp³-hybridized carbons (Fsp3) is 0.0800. The van der Waals surface area contributed by atoms with E-state index in [1.807, 2.05) is 6.07 Å². The van der Waals surface area contributed by atoms with Gasteiger partial charge in [0.05, 0.1) is 45.9 Å². The maximum absolute atomic E-state index is 13.8. The standard InChI is InChI=1S/C25H15ClF4N8/c26-18-6-13(35-23(20-11-34-38-37-20)15-3-1-2-4-16(15)24(28)29)5-17-21(12(8-31)9-32-22(17)18)36-14-7-19(27)25(30)33-10-14/h1-7,9-11,23-24,35H,(H,32,36)(H,34,37,38)/t23-/m0/s1. The number of alkyl halides is 2. The monoisotopic (exact) mass is 538 g/mol. The second-order valence-corrected chi connectivity index (χ2v) is 8.44. The van der Waals surface area contributed by atoms with Crippen LogP contribution >= 0.6 is 11.6 Å². The van der Waals surface area contributed by atoms with Gasteiger partial charge < -0.3 is 10.6 Å². The van der Waals surface area contributed by atoms with Crippen LogP contribution in [-0.4, -0.2) is 25.4 Å². The van der Waals surface area contributed by atoms with Crippen molar-refractivity contribution in [3.8, 4) is 6.07 Å². The number of nitrogens with zero attached hydrogens (tertiary/aromatic N) is 5. The van der Waals surface area contributed by atoms with E-state index in [2.05, 4.69) is 36.0 Å². The second kappa shape index (κ2) is 10.3. The van der Waals surface area contributed by atoms with E-state index < -0.39 is 24.2 Å². The highest BCUT2D eigenvalue weighted by molar-refractivity contribution is 6.36. The average molecular weight is 539 g/mol. The molecule has 0 radical (unpaired) electrons. The summed E-state index contributed by atoms with van der Waals surface area (Å²) in [7, 11) is 0. The number of H-pyrrole nitrogens is 1. The highest BCUT2D eigenvalue weighted by Gasteiger charge is 2.24. The molecule has 0 fully saturated rings. The van der Waals surface area contributed by atoms with Crippen LogP contribution in [0.25, 0.3) is 10.9 Å². The van der Waals surface area contributed by atoms with Gasteiger partial charge in [-0.3, -0.25) is 4.98 Å². The summed E-state index contributed by atoms with van der Waals surface area (Å²) in [5.74, 6) is -2.45. The van der Waals surface area contributed by atoms with E-state index in [0.29, 0.717) is 22.3 Å². The number of fused-ring (bicyclic) bond motifs is 1. The van der Waals surface area contributed by atoms with Gasteiger partial charge in [-0.15, -0.1) is 0 Å². The minimum Gasteiger partial charge on any atom is -0.373 e. The summed E-state index contributed by atoms with van der Waals surface area (Å²) in [6.45, 7) is 0. The fourth-order valence-corrected chi connectivity index (χ4v) is 4.26. The van der Waals surface area contributed by atoms with Gasteiger partial charge in [-0.2, -0.15) is 25.1 Å². The Kier molecular flexibility index (Phi) is 6.76. The van der Waals surface area contributed by atoms with Crippen LogP contribution in [0.1, 0.15) is 34.9 Å². The third kappa shape index (κ3) is 4.79. The Morgan fingerprint density at radius 1 is 0.974 bits per heavy atom. The minimum atomic E-state index is -2.74. The predicted molar refractivity (Wildman–Crippen MR) is 132 cm³/mol. The third-order valence-electron chi connectivity index (χ3n) is 5.69. The van der Waals surface area contributed by atoms with E-state index in [-0.39, 0.29) is 33.1 Å². The molecule has 0 saturated heterocycles. The normalized spacial score (nSPS) is 11.9. The Bertz CT molecular complexity index is 1670. The topological polar surface area (TPSA) is 115 Å². The highest BCUT2D eigenvalue weighted by atomic mass is 35.5. The molecule has 0 bridgehead atoms. The molecule has 0 aliphatic rings. The molecule has 3 aromatic heterocycles. The number of halogens is 5. The third-order valence-corrected chi connectivity index (χ3v) is 5.98. The van der Waals surface area contributed by atoms with Gasteiger partial charge in [0.15, 0.2) is 5.82 Å². The molecule has 0 unspecified atom stereocenters. The molecule has 0 spiro atoms. The fourth-order valence-electron chi connectivity index (χ4n) is 4.00. The van der Waals surface area contributed by atoms with Gasteiger partial charge in [0.25, 0.3) is 6.43 Å². The maximum Gasteiger partial charge on any atom is 0.264 e. The number of anilines is 3. The number of hydrogen-bond donors (Lipinski definition) is 3. The smallest absolute Gasteiger partial charge is 0.264 e. The number of aromatic amines is 1. The summed E-state index contributed by atoms with van der Waals surface area (Å²) in [6.07, 6.45) is 1.01. The summed E-state index contributed by atoms with van der Waals surface area (Å²) in [5.41, 5.74) is 1.47. The molecule has 1 atom stereocenters. The van der Waals surface area contributed by atoms with Gasteiger partial charge in [0, 0.05) is 28.9 Å². The largest absolute Gasteiger partial charge is 0.373 e. The predicted octanol–water partition coefficient (Wildman–Crippen LogP) is 6.43. The van der Waals surface area contributed by atoms with Gasteiger partial charge in [-0.05, 0) is 17.7 Å². The molecule has 5 aromatic rings. The summed E-state index contributed by atoms with van der Waals surface area (Å²) < 4.78 is 54.8. The van der Waals surface area contributed by atoms with Crippen molar-refractivity contribution in [3.05, 3.63) is 100 Å². The summed E-state index contributed by atoms with van der Waals surface area (Å²) in [5, 5.41) is 26.6.